The Morgan fingerprint density at radius 2 is 1.32 bits per heavy atom. The highest BCUT2D eigenvalue weighted by Gasteiger charge is 2.24. The summed E-state index contributed by atoms with van der Waals surface area (Å²) in [5.41, 5.74) is 6.77. The van der Waals surface area contributed by atoms with Gasteiger partial charge in [-0.25, -0.2) is 15.1 Å². The Morgan fingerprint density at radius 1 is 0.780 bits per heavy atom. The van der Waals surface area contributed by atoms with Crippen LogP contribution in [0.25, 0.3) is 0 Å². The van der Waals surface area contributed by atoms with E-state index in [-0.39, 0.29) is 0 Å². The largest absolute Gasteiger partial charge is 0.436 e. The highest BCUT2D eigenvalue weighted by Crippen LogP contribution is 2.22. The van der Waals surface area contributed by atoms with Crippen LogP contribution in [-0.2, 0) is 28.4 Å². The van der Waals surface area contributed by atoms with Gasteiger partial charge in [-0.1, -0.05) is 78.9 Å². The topological polar surface area (TPSA) is 111 Å². The second-order valence-corrected chi connectivity index (χ2v) is 9.99. The van der Waals surface area contributed by atoms with Gasteiger partial charge < -0.3 is 10.1 Å². The van der Waals surface area contributed by atoms with Crippen molar-refractivity contribution in [2.45, 2.75) is 37.5 Å². The molecule has 0 aliphatic rings. The van der Waals surface area contributed by atoms with Crippen molar-refractivity contribution in [3.05, 3.63) is 126 Å². The zero-order valence-corrected chi connectivity index (χ0v) is 24.0. The highest BCUT2D eigenvalue weighted by molar-refractivity contribution is 7.98. The molecule has 0 aliphatic heterocycles. The predicted molar refractivity (Wildman–Crippen MR) is 159 cm³/mol. The number of nitrogens with one attached hydrogen (secondary N) is 3. The van der Waals surface area contributed by atoms with E-state index in [9.17, 15) is 9.59 Å². The molecule has 3 amide bonds. The van der Waals surface area contributed by atoms with E-state index in [0.717, 1.165) is 21.7 Å². The number of hydrogen-bond acceptors (Lipinski definition) is 7. The Balaban J connectivity index is 0.000000232. The number of thioether (sulfide) groups is 1. The number of para-hydroxylation sites is 1. The van der Waals surface area contributed by atoms with Crippen LogP contribution in [0, 0.1) is 0 Å². The highest BCUT2D eigenvalue weighted by atomic mass is 32.2. The summed E-state index contributed by atoms with van der Waals surface area (Å²) in [5.74, 6) is 0.471. The van der Waals surface area contributed by atoms with Crippen molar-refractivity contribution in [1.29, 1.82) is 0 Å². The smallest absolute Gasteiger partial charge is 0.409 e. The molecule has 0 radical (unpaired) electrons. The quantitative estimate of drug-likeness (QED) is 0.149. The van der Waals surface area contributed by atoms with Crippen LogP contribution in [0.15, 0.2) is 114 Å². The number of carbonyl (C=O) groups is 2. The van der Waals surface area contributed by atoms with Crippen LogP contribution < -0.4 is 21.0 Å². The Hall–Kier alpha value is -4.38. The Morgan fingerprint density at radius 3 is 1.88 bits per heavy atom. The molecule has 10 heteroatoms. The third kappa shape index (κ3) is 11.7. The van der Waals surface area contributed by atoms with Crippen LogP contribution in [0.3, 0.4) is 0 Å². The van der Waals surface area contributed by atoms with Crippen LogP contribution in [0.4, 0.5) is 9.59 Å². The molecule has 3 N–H and O–H groups in total. The van der Waals surface area contributed by atoms with Gasteiger partial charge in [0.2, 0.25) is 0 Å². The molecule has 0 saturated heterocycles. The fourth-order valence-corrected chi connectivity index (χ4v) is 3.81. The van der Waals surface area contributed by atoms with Gasteiger partial charge in [0.05, 0.1) is 24.4 Å². The van der Waals surface area contributed by atoms with Crippen molar-refractivity contribution in [3.63, 3.8) is 0 Å². The van der Waals surface area contributed by atoms with Gasteiger partial charge in [-0.2, -0.15) is 5.48 Å². The van der Waals surface area contributed by atoms with Crippen molar-refractivity contribution < 1.29 is 24.0 Å². The molecule has 0 unspecified atom stereocenters. The molecule has 0 fully saturated rings. The zero-order valence-electron chi connectivity index (χ0n) is 23.2. The third-order valence-electron chi connectivity index (χ3n) is 5.47. The number of carbonyl (C=O) groups excluding carboxylic acids is 2. The Labute approximate surface area is 244 Å². The summed E-state index contributed by atoms with van der Waals surface area (Å²) in [7, 11) is 0. The van der Waals surface area contributed by atoms with E-state index in [1.807, 2.05) is 99.0 Å². The van der Waals surface area contributed by atoms with Crippen molar-refractivity contribution >= 4 is 23.9 Å². The molecule has 0 atom stereocenters. The molecular weight excluding hydrogens is 540 g/mol. The van der Waals surface area contributed by atoms with E-state index in [1.165, 1.54) is 0 Å². The van der Waals surface area contributed by atoms with Crippen LogP contribution in [0.1, 0.15) is 30.7 Å². The molecule has 4 rings (SSSR count). The van der Waals surface area contributed by atoms with Gasteiger partial charge in [0.25, 0.3) is 0 Å². The molecular formula is C31H34N4O5S. The first kappa shape index (κ1) is 31.2. The average molecular weight is 575 g/mol. The van der Waals surface area contributed by atoms with Gasteiger partial charge in [-0.15, -0.1) is 11.8 Å². The number of nitrogens with zero attached hydrogens (tertiary/aromatic N) is 1. The number of hydrogen-bond donors (Lipinski definition) is 3. The predicted octanol–water partition coefficient (Wildman–Crippen LogP) is 6.38. The van der Waals surface area contributed by atoms with E-state index in [0.29, 0.717) is 19.0 Å². The number of pyridine rings is 1. The second-order valence-electron chi connectivity index (χ2n) is 9.12. The van der Waals surface area contributed by atoms with E-state index < -0.39 is 17.7 Å². The lowest BCUT2D eigenvalue weighted by Crippen LogP contribution is -2.46. The van der Waals surface area contributed by atoms with Crippen LogP contribution in [-0.4, -0.2) is 23.4 Å². The Bertz CT molecular complexity index is 1340. The third-order valence-corrected chi connectivity index (χ3v) is 6.20. The number of hydroxylamine groups is 2. The summed E-state index contributed by atoms with van der Waals surface area (Å²) in [6, 6.07) is 31.5. The van der Waals surface area contributed by atoms with Crippen molar-refractivity contribution in [2.24, 2.45) is 0 Å². The van der Waals surface area contributed by atoms with Crippen molar-refractivity contribution in [2.75, 3.05) is 6.26 Å². The van der Waals surface area contributed by atoms with Crippen molar-refractivity contribution in [3.8, 4) is 5.75 Å². The number of benzene rings is 3. The monoisotopic (exact) mass is 574 g/mol. The van der Waals surface area contributed by atoms with Gasteiger partial charge in [0.1, 0.15) is 5.75 Å². The molecule has 0 spiro atoms. The van der Waals surface area contributed by atoms with Gasteiger partial charge in [0.15, 0.2) is 0 Å². The standard InChI is InChI=1S/C17H21N3O2S.C14H13NO3/c1-17(2,15-11-14(23-3)9-10-18-15)19-16(21)20-22-12-13-7-5-4-6-8-13;16-14(18-13-9-5-2-6-10-13)15-17-11-12-7-3-1-4-8-12/h4-11H,12H2,1-3H3,(H2,19,20,21);1-10H,11H2,(H,15,16). The summed E-state index contributed by atoms with van der Waals surface area (Å²) < 4.78 is 4.98. The molecule has 1 heterocycles. The molecule has 0 bridgehead atoms. The van der Waals surface area contributed by atoms with Crippen molar-refractivity contribution in [1.82, 2.24) is 21.3 Å². The summed E-state index contributed by atoms with van der Waals surface area (Å²) in [6.45, 7) is 4.41. The first-order valence-electron chi connectivity index (χ1n) is 12.8. The number of aromatic nitrogens is 1. The lowest BCUT2D eigenvalue weighted by molar-refractivity contribution is 0.0343. The van der Waals surface area contributed by atoms with Gasteiger partial charge in [-0.05, 0) is 55.5 Å². The normalized spacial score (nSPS) is 10.5. The summed E-state index contributed by atoms with van der Waals surface area (Å²) in [6.07, 6.45) is 3.11. The van der Waals surface area contributed by atoms with E-state index >= 15 is 0 Å². The number of amides is 3. The molecule has 1 aromatic heterocycles. The molecule has 4 aromatic rings. The van der Waals surface area contributed by atoms with Crippen LogP contribution >= 0.6 is 11.8 Å². The van der Waals surface area contributed by atoms with Gasteiger partial charge in [-0.3, -0.25) is 14.7 Å². The average Bonchev–Trinajstić information content (AvgIpc) is 2.99. The summed E-state index contributed by atoms with van der Waals surface area (Å²) in [5, 5.41) is 2.86. The molecule has 0 aliphatic carbocycles. The van der Waals surface area contributed by atoms with E-state index in [1.54, 1.807) is 42.2 Å². The summed E-state index contributed by atoms with van der Waals surface area (Å²) >= 11 is 1.64. The Kier molecular flexibility index (Phi) is 12.7. The molecule has 9 nitrogen and oxygen atoms in total. The molecule has 41 heavy (non-hydrogen) atoms. The zero-order chi connectivity index (χ0) is 29.3. The minimum Gasteiger partial charge on any atom is -0.409 e. The molecule has 3 aromatic carbocycles. The second kappa shape index (κ2) is 16.7. The maximum absolute atomic E-state index is 12.0. The summed E-state index contributed by atoms with van der Waals surface area (Å²) in [4.78, 5) is 39.0. The van der Waals surface area contributed by atoms with E-state index in [2.05, 4.69) is 21.3 Å². The fourth-order valence-electron chi connectivity index (χ4n) is 3.38. The van der Waals surface area contributed by atoms with Crippen LogP contribution in [0.5, 0.6) is 5.75 Å². The lowest BCUT2D eigenvalue weighted by Gasteiger charge is -2.26. The molecule has 0 saturated carbocycles. The molecule has 214 valence electrons. The number of ether oxygens (including phenoxy) is 1. The number of rotatable bonds is 10. The number of urea groups is 1. The van der Waals surface area contributed by atoms with Crippen LogP contribution in [0.2, 0.25) is 0 Å². The maximum Gasteiger partial charge on any atom is 0.436 e. The minimum absolute atomic E-state index is 0.296. The lowest BCUT2D eigenvalue weighted by atomic mass is 10.0. The fraction of sp³-hybridized carbons (Fsp3) is 0.194. The maximum atomic E-state index is 12.0. The minimum atomic E-state index is -0.642. The van der Waals surface area contributed by atoms with Gasteiger partial charge >= 0.3 is 12.1 Å². The van der Waals surface area contributed by atoms with Gasteiger partial charge in [0, 0.05) is 11.1 Å². The SMILES string of the molecule is CSc1ccnc(C(C)(C)NC(=O)NOCc2ccccc2)c1.O=C(NOCc1ccccc1)Oc1ccccc1. The first-order chi connectivity index (χ1) is 19.9. The van der Waals surface area contributed by atoms with E-state index in [4.69, 9.17) is 14.4 Å². The first-order valence-corrected chi connectivity index (χ1v) is 14.0.